The first-order chi connectivity index (χ1) is 24.9. The highest BCUT2D eigenvalue weighted by atomic mass is 16.5. The van der Waals surface area contributed by atoms with Gasteiger partial charge in [-0.25, -0.2) is 0 Å². The van der Waals surface area contributed by atoms with Crippen LogP contribution in [0.5, 0.6) is 5.75 Å². The highest BCUT2D eigenvalue weighted by molar-refractivity contribution is 6.17. The van der Waals surface area contributed by atoms with E-state index in [0.717, 1.165) is 72.8 Å². The molecule has 6 aromatic rings. The average molecular weight is 662 g/mol. The van der Waals surface area contributed by atoms with E-state index in [4.69, 9.17) is 9.47 Å². The molecular weight excluding hydrogens is 627 g/mol. The van der Waals surface area contributed by atoms with Gasteiger partial charge in [-0.05, 0) is 107 Å². The summed E-state index contributed by atoms with van der Waals surface area (Å²) in [6, 6.07) is 44.1. The molecule has 1 atom stereocenters. The standard InChI is InChI=1S/C47H35NO3/c1-29-22-38(28-39-24-35(23-30(2)50-39)46-31(3)42-25-33-13-7-8-14-34(33)26-43(42)47(46)49)51-45-27-37(20-21-40(29)45)48(36-16-5-4-6-17-36)44-19-11-15-32-12-9-10-18-41(32)44/h4-28,31H,1-3H3/b38-28?,46-35+. The van der Waals surface area contributed by atoms with Crippen LogP contribution in [0.2, 0.25) is 0 Å². The Morgan fingerprint density at radius 1 is 0.647 bits per heavy atom. The molecule has 4 nitrogen and oxygen atoms in total. The van der Waals surface area contributed by atoms with Crippen LogP contribution in [0.25, 0.3) is 27.1 Å². The maximum absolute atomic E-state index is 13.9. The smallest absolute Gasteiger partial charge is 0.190 e. The van der Waals surface area contributed by atoms with Gasteiger partial charge < -0.3 is 14.4 Å². The number of nitrogens with zero attached hydrogens (tertiary/aromatic N) is 1. The first-order valence-corrected chi connectivity index (χ1v) is 17.4. The molecule has 246 valence electrons. The highest BCUT2D eigenvalue weighted by Gasteiger charge is 2.34. The molecule has 0 spiro atoms. The van der Waals surface area contributed by atoms with E-state index in [2.05, 4.69) is 122 Å². The predicted octanol–water partition coefficient (Wildman–Crippen LogP) is 12.3. The molecule has 0 bridgehead atoms. The van der Waals surface area contributed by atoms with E-state index in [1.165, 1.54) is 10.8 Å². The van der Waals surface area contributed by atoms with Gasteiger partial charge in [-0.2, -0.15) is 0 Å². The number of hydrogen-bond acceptors (Lipinski definition) is 4. The fraction of sp³-hybridized carbons (Fsp3) is 0.0851. The van der Waals surface area contributed by atoms with E-state index in [-0.39, 0.29) is 11.7 Å². The summed E-state index contributed by atoms with van der Waals surface area (Å²) >= 11 is 0. The zero-order valence-electron chi connectivity index (χ0n) is 28.7. The Labute approximate surface area is 297 Å². The molecule has 0 amide bonds. The van der Waals surface area contributed by atoms with Gasteiger partial charge >= 0.3 is 0 Å². The highest BCUT2D eigenvalue weighted by Crippen LogP contribution is 2.45. The Balaban J connectivity index is 1.09. The number of fused-ring (bicyclic) bond motifs is 4. The zero-order valence-corrected chi connectivity index (χ0v) is 28.7. The Kier molecular flexibility index (Phi) is 7.32. The number of rotatable bonds is 4. The van der Waals surface area contributed by atoms with Crippen LogP contribution in [0.1, 0.15) is 48.2 Å². The summed E-state index contributed by atoms with van der Waals surface area (Å²) in [5.41, 5.74) is 8.78. The van der Waals surface area contributed by atoms with Crippen molar-refractivity contribution in [1.29, 1.82) is 0 Å². The molecule has 1 unspecified atom stereocenters. The zero-order chi connectivity index (χ0) is 34.6. The van der Waals surface area contributed by atoms with Gasteiger partial charge in [0, 0.05) is 51.5 Å². The molecule has 51 heavy (non-hydrogen) atoms. The third-order valence-electron chi connectivity index (χ3n) is 10.1. The number of benzene rings is 6. The second-order valence-corrected chi connectivity index (χ2v) is 13.4. The summed E-state index contributed by atoms with van der Waals surface area (Å²) in [5.74, 6) is 2.82. The monoisotopic (exact) mass is 661 g/mol. The van der Waals surface area contributed by atoms with E-state index in [1.54, 1.807) is 0 Å². The number of Topliss-reactive ketones (excluding diaryl/α,β-unsaturated/α-hetero) is 1. The van der Waals surface area contributed by atoms with Gasteiger partial charge in [-0.3, -0.25) is 4.79 Å². The molecule has 0 saturated heterocycles. The molecule has 0 radical (unpaired) electrons. The molecule has 1 aliphatic carbocycles. The van der Waals surface area contributed by atoms with Crippen LogP contribution in [0.4, 0.5) is 17.1 Å². The maximum Gasteiger partial charge on any atom is 0.190 e. The summed E-state index contributed by atoms with van der Waals surface area (Å²) in [4.78, 5) is 16.2. The predicted molar refractivity (Wildman–Crippen MR) is 208 cm³/mol. The first-order valence-electron chi connectivity index (χ1n) is 17.4. The molecule has 0 N–H and O–H groups in total. The van der Waals surface area contributed by atoms with Crippen LogP contribution >= 0.6 is 0 Å². The van der Waals surface area contributed by atoms with Gasteiger partial charge in [0.15, 0.2) is 5.78 Å². The third kappa shape index (κ3) is 5.37. The van der Waals surface area contributed by atoms with Crippen molar-refractivity contribution in [3.05, 3.63) is 197 Å². The fourth-order valence-corrected chi connectivity index (χ4v) is 7.70. The van der Waals surface area contributed by atoms with E-state index in [1.807, 2.05) is 55.5 Å². The molecular formula is C47H35NO3. The van der Waals surface area contributed by atoms with Gasteiger partial charge in [0.2, 0.25) is 0 Å². The second kappa shape index (κ2) is 12.2. The summed E-state index contributed by atoms with van der Waals surface area (Å²) in [6.07, 6.45) is 7.89. The molecule has 0 saturated carbocycles. The Bertz CT molecular complexity index is 2580. The molecule has 2 aliphatic heterocycles. The van der Waals surface area contributed by atoms with Crippen LogP contribution in [-0.2, 0) is 4.74 Å². The summed E-state index contributed by atoms with van der Waals surface area (Å²) in [7, 11) is 0. The summed E-state index contributed by atoms with van der Waals surface area (Å²) in [6.45, 7) is 6.14. The van der Waals surface area contributed by atoms with E-state index >= 15 is 0 Å². The van der Waals surface area contributed by atoms with Crippen molar-refractivity contribution in [2.24, 2.45) is 0 Å². The van der Waals surface area contributed by atoms with Gasteiger partial charge in [0.05, 0.1) is 5.69 Å². The van der Waals surface area contributed by atoms with Gasteiger partial charge in [-0.1, -0.05) is 85.8 Å². The number of para-hydroxylation sites is 1. The van der Waals surface area contributed by atoms with E-state index < -0.39 is 0 Å². The molecule has 4 heteroatoms. The van der Waals surface area contributed by atoms with Crippen molar-refractivity contribution in [3.63, 3.8) is 0 Å². The minimum Gasteiger partial charge on any atom is -0.462 e. The third-order valence-corrected chi connectivity index (χ3v) is 10.1. The van der Waals surface area contributed by atoms with Crippen molar-refractivity contribution in [3.8, 4) is 5.75 Å². The normalized spacial score (nSPS) is 18.8. The number of carbonyl (C=O) groups excluding carboxylic acids is 1. The topological polar surface area (TPSA) is 38.8 Å². The minimum atomic E-state index is -0.0351. The molecule has 6 aromatic carbocycles. The molecule has 0 fully saturated rings. The van der Waals surface area contributed by atoms with Crippen molar-refractivity contribution >= 4 is 50.0 Å². The summed E-state index contributed by atoms with van der Waals surface area (Å²) < 4.78 is 12.8. The lowest BCUT2D eigenvalue weighted by molar-refractivity contribution is 0.103. The lowest BCUT2D eigenvalue weighted by Crippen LogP contribution is -2.12. The van der Waals surface area contributed by atoms with Crippen LogP contribution < -0.4 is 9.64 Å². The van der Waals surface area contributed by atoms with Crippen LogP contribution in [0.3, 0.4) is 0 Å². The van der Waals surface area contributed by atoms with Crippen molar-refractivity contribution in [1.82, 2.24) is 0 Å². The number of ketones is 1. The number of allylic oxidation sites excluding steroid dienone is 8. The SMILES string of the molecule is CC1=C/C(=C2\C(=O)c3cc4ccccc4cc3C2C)C=C(C=C2C=C(C)c3ccc(N(c4ccccc4)c4cccc5ccccc45)cc3O2)O1. The number of carbonyl (C=O) groups is 1. The minimum absolute atomic E-state index is 0.0351. The van der Waals surface area contributed by atoms with Gasteiger partial charge in [0.25, 0.3) is 0 Å². The molecule has 0 aromatic heterocycles. The van der Waals surface area contributed by atoms with Gasteiger partial charge in [-0.15, -0.1) is 0 Å². The average Bonchev–Trinajstić information content (AvgIpc) is 3.38. The van der Waals surface area contributed by atoms with Crippen LogP contribution in [-0.4, -0.2) is 5.78 Å². The number of ether oxygens (including phenoxy) is 2. The number of hydrogen-bond donors (Lipinski definition) is 0. The second-order valence-electron chi connectivity index (χ2n) is 13.4. The lowest BCUT2D eigenvalue weighted by Gasteiger charge is -2.28. The van der Waals surface area contributed by atoms with Crippen LogP contribution in [0.15, 0.2) is 180 Å². The molecule has 3 aliphatic rings. The Morgan fingerprint density at radius 2 is 1.37 bits per heavy atom. The molecule has 2 heterocycles. The van der Waals surface area contributed by atoms with Crippen LogP contribution in [0, 0.1) is 0 Å². The van der Waals surface area contributed by atoms with Crippen molar-refractivity contribution in [2.75, 3.05) is 4.90 Å². The van der Waals surface area contributed by atoms with E-state index in [0.29, 0.717) is 11.5 Å². The van der Waals surface area contributed by atoms with Gasteiger partial charge in [0.1, 0.15) is 23.0 Å². The molecule has 9 rings (SSSR count). The Morgan fingerprint density at radius 3 is 2.20 bits per heavy atom. The van der Waals surface area contributed by atoms with Crippen molar-refractivity contribution in [2.45, 2.75) is 26.7 Å². The maximum atomic E-state index is 13.9. The fourth-order valence-electron chi connectivity index (χ4n) is 7.70. The van der Waals surface area contributed by atoms with Crippen molar-refractivity contribution < 1.29 is 14.3 Å². The Hall–Kier alpha value is -6.39. The lowest BCUT2D eigenvalue weighted by atomic mass is 9.93. The summed E-state index contributed by atoms with van der Waals surface area (Å²) in [5, 5.41) is 4.57. The number of anilines is 3. The largest absolute Gasteiger partial charge is 0.462 e. The van der Waals surface area contributed by atoms with E-state index in [9.17, 15) is 4.79 Å². The first kappa shape index (κ1) is 30.7. The quantitative estimate of drug-likeness (QED) is 0.176.